The van der Waals surface area contributed by atoms with Crippen LogP contribution >= 0.6 is 24.0 Å². The summed E-state index contributed by atoms with van der Waals surface area (Å²) in [5, 5.41) is 6.21. The minimum absolute atomic E-state index is 0. The molecule has 1 rings (SSSR count). The predicted molar refractivity (Wildman–Crippen MR) is 120 cm³/mol. The summed E-state index contributed by atoms with van der Waals surface area (Å²) in [4.78, 5) is 4.55. The Balaban J connectivity index is 0.00000625. The number of guanidine groups is 1. The maximum atomic E-state index is 11.6. The minimum Gasteiger partial charge on any atom is -0.493 e. The maximum Gasteiger partial charge on any atom is 0.191 e. The second-order valence-corrected chi connectivity index (χ2v) is 8.29. The van der Waals surface area contributed by atoms with E-state index < -0.39 is 9.84 Å². The zero-order chi connectivity index (χ0) is 18.7. The first kappa shape index (κ1) is 25.0. The van der Waals surface area contributed by atoms with Crippen LogP contribution < -0.4 is 15.4 Å². The fourth-order valence-corrected chi connectivity index (χ4v) is 2.82. The van der Waals surface area contributed by atoms with Gasteiger partial charge >= 0.3 is 0 Å². The third-order valence-electron chi connectivity index (χ3n) is 3.58. The first-order valence-corrected chi connectivity index (χ1v) is 10.7. The largest absolute Gasteiger partial charge is 0.493 e. The standard InChI is InChI=1S/C18H31N3O3S.HI/c1-5-11-24-17-13-15(4)8-9-16(17)14-21-18(19-6-2)20-10-12-25(22,23)7-3;/h8-9,13H,5-7,10-12,14H2,1-4H3,(H2,19,20,21);1H. The lowest BCUT2D eigenvalue weighted by atomic mass is 10.1. The molecule has 0 fully saturated rings. The van der Waals surface area contributed by atoms with Crippen molar-refractivity contribution < 1.29 is 13.2 Å². The quantitative estimate of drug-likeness (QED) is 0.295. The van der Waals surface area contributed by atoms with E-state index in [0.717, 1.165) is 23.3 Å². The zero-order valence-electron chi connectivity index (χ0n) is 16.2. The average Bonchev–Trinajstić information content (AvgIpc) is 2.58. The number of aliphatic imine (C=N–C) groups is 1. The Morgan fingerprint density at radius 2 is 1.92 bits per heavy atom. The van der Waals surface area contributed by atoms with E-state index in [-0.39, 0.29) is 35.5 Å². The molecule has 0 heterocycles. The van der Waals surface area contributed by atoms with Crippen molar-refractivity contribution in [3.05, 3.63) is 29.3 Å². The number of nitrogens with one attached hydrogen (secondary N) is 2. The first-order chi connectivity index (χ1) is 11.9. The molecule has 0 aliphatic carbocycles. The van der Waals surface area contributed by atoms with Crippen LogP contribution in [0.4, 0.5) is 0 Å². The van der Waals surface area contributed by atoms with Gasteiger partial charge in [0.1, 0.15) is 5.75 Å². The van der Waals surface area contributed by atoms with E-state index in [1.165, 1.54) is 0 Å². The number of nitrogens with zero attached hydrogens (tertiary/aromatic N) is 1. The average molecular weight is 497 g/mol. The molecule has 150 valence electrons. The Morgan fingerprint density at radius 3 is 2.54 bits per heavy atom. The topological polar surface area (TPSA) is 79.8 Å². The van der Waals surface area contributed by atoms with Gasteiger partial charge in [-0.15, -0.1) is 24.0 Å². The number of benzene rings is 1. The molecule has 0 saturated heterocycles. The fourth-order valence-electron chi connectivity index (χ4n) is 2.11. The predicted octanol–water partition coefficient (Wildman–Crippen LogP) is 2.89. The summed E-state index contributed by atoms with van der Waals surface area (Å²) in [6, 6.07) is 6.08. The van der Waals surface area contributed by atoms with Crippen LogP contribution in [0.15, 0.2) is 23.2 Å². The van der Waals surface area contributed by atoms with Gasteiger partial charge in [0.2, 0.25) is 0 Å². The molecular formula is C18H32IN3O3S. The van der Waals surface area contributed by atoms with Gasteiger partial charge in [0.05, 0.1) is 18.9 Å². The maximum absolute atomic E-state index is 11.6. The van der Waals surface area contributed by atoms with Crippen molar-refractivity contribution >= 4 is 39.8 Å². The molecule has 0 radical (unpaired) electrons. The van der Waals surface area contributed by atoms with Crippen molar-refractivity contribution in [2.24, 2.45) is 4.99 Å². The zero-order valence-corrected chi connectivity index (χ0v) is 19.3. The van der Waals surface area contributed by atoms with Crippen molar-refractivity contribution in [3.63, 3.8) is 0 Å². The summed E-state index contributed by atoms with van der Waals surface area (Å²) < 4.78 is 29.0. The number of hydrogen-bond donors (Lipinski definition) is 2. The lowest BCUT2D eigenvalue weighted by Crippen LogP contribution is -2.39. The second kappa shape index (κ2) is 13.2. The Labute approximate surface area is 175 Å². The molecule has 8 heteroatoms. The minimum atomic E-state index is -2.98. The number of hydrogen-bond acceptors (Lipinski definition) is 4. The SMILES string of the molecule is CCCOc1cc(C)ccc1CN=C(NCC)NCCS(=O)(=O)CC.I. The highest BCUT2D eigenvalue weighted by atomic mass is 127. The normalized spacial score (nSPS) is 11.6. The molecule has 26 heavy (non-hydrogen) atoms. The highest BCUT2D eigenvalue weighted by Gasteiger charge is 2.08. The number of ether oxygens (including phenoxy) is 1. The van der Waals surface area contributed by atoms with Crippen LogP contribution in [0.3, 0.4) is 0 Å². The van der Waals surface area contributed by atoms with Gasteiger partial charge in [0.15, 0.2) is 15.8 Å². The van der Waals surface area contributed by atoms with E-state index in [1.54, 1.807) is 6.92 Å². The van der Waals surface area contributed by atoms with E-state index in [1.807, 2.05) is 32.0 Å². The van der Waals surface area contributed by atoms with E-state index >= 15 is 0 Å². The van der Waals surface area contributed by atoms with E-state index in [2.05, 4.69) is 22.5 Å². The van der Waals surface area contributed by atoms with Crippen LogP contribution in [-0.4, -0.2) is 45.6 Å². The Bertz CT molecular complexity index is 664. The molecule has 0 spiro atoms. The van der Waals surface area contributed by atoms with Gasteiger partial charge in [-0.1, -0.05) is 26.0 Å². The fraction of sp³-hybridized carbons (Fsp3) is 0.611. The Kier molecular flexibility index (Phi) is 12.7. The second-order valence-electron chi connectivity index (χ2n) is 5.82. The summed E-state index contributed by atoms with van der Waals surface area (Å²) in [6.45, 7) is 9.93. The number of halogens is 1. The van der Waals surface area contributed by atoms with Crippen molar-refractivity contribution in [2.45, 2.75) is 40.7 Å². The Hall–Kier alpha value is -1.03. The summed E-state index contributed by atoms with van der Waals surface area (Å²) in [5.41, 5.74) is 2.16. The third-order valence-corrected chi connectivity index (χ3v) is 5.29. The van der Waals surface area contributed by atoms with Crippen LogP contribution in [-0.2, 0) is 16.4 Å². The molecule has 0 saturated carbocycles. The highest BCUT2D eigenvalue weighted by Crippen LogP contribution is 2.21. The molecule has 1 aromatic carbocycles. The smallest absolute Gasteiger partial charge is 0.191 e. The molecule has 0 bridgehead atoms. The van der Waals surface area contributed by atoms with Gasteiger partial charge in [0, 0.05) is 24.4 Å². The van der Waals surface area contributed by atoms with Gasteiger partial charge in [-0.05, 0) is 31.9 Å². The monoisotopic (exact) mass is 497 g/mol. The van der Waals surface area contributed by atoms with Gasteiger partial charge in [-0.3, -0.25) is 0 Å². The van der Waals surface area contributed by atoms with E-state index in [0.29, 0.717) is 32.2 Å². The summed E-state index contributed by atoms with van der Waals surface area (Å²) in [5.74, 6) is 1.72. The lowest BCUT2D eigenvalue weighted by molar-refractivity contribution is 0.314. The molecule has 6 nitrogen and oxygen atoms in total. The summed E-state index contributed by atoms with van der Waals surface area (Å²) >= 11 is 0. The third kappa shape index (κ3) is 9.61. The molecule has 0 aliphatic rings. The van der Waals surface area contributed by atoms with Gasteiger partial charge in [-0.2, -0.15) is 0 Å². The molecule has 2 N–H and O–H groups in total. The lowest BCUT2D eigenvalue weighted by Gasteiger charge is -2.13. The molecule has 0 unspecified atom stereocenters. The molecule has 0 aromatic heterocycles. The van der Waals surface area contributed by atoms with Gasteiger partial charge < -0.3 is 15.4 Å². The first-order valence-electron chi connectivity index (χ1n) is 8.86. The van der Waals surface area contributed by atoms with Crippen LogP contribution in [0.25, 0.3) is 0 Å². The van der Waals surface area contributed by atoms with Crippen molar-refractivity contribution in [3.8, 4) is 5.75 Å². The summed E-state index contributed by atoms with van der Waals surface area (Å²) in [7, 11) is -2.98. The van der Waals surface area contributed by atoms with E-state index in [4.69, 9.17) is 4.74 Å². The van der Waals surface area contributed by atoms with Crippen LogP contribution in [0.1, 0.15) is 38.3 Å². The van der Waals surface area contributed by atoms with Gasteiger partial charge in [-0.25, -0.2) is 13.4 Å². The number of sulfone groups is 1. The molecule has 1 aromatic rings. The highest BCUT2D eigenvalue weighted by molar-refractivity contribution is 14.0. The summed E-state index contributed by atoms with van der Waals surface area (Å²) in [6.07, 6.45) is 0.951. The van der Waals surface area contributed by atoms with Crippen LogP contribution in [0.5, 0.6) is 5.75 Å². The van der Waals surface area contributed by atoms with Crippen LogP contribution in [0, 0.1) is 6.92 Å². The number of rotatable bonds is 10. The molecule has 0 atom stereocenters. The molecular weight excluding hydrogens is 465 g/mol. The van der Waals surface area contributed by atoms with Crippen molar-refractivity contribution in [1.82, 2.24) is 10.6 Å². The van der Waals surface area contributed by atoms with Crippen molar-refractivity contribution in [1.29, 1.82) is 0 Å². The van der Waals surface area contributed by atoms with Crippen molar-refractivity contribution in [2.75, 3.05) is 31.2 Å². The van der Waals surface area contributed by atoms with Crippen LogP contribution in [0.2, 0.25) is 0 Å². The van der Waals surface area contributed by atoms with Gasteiger partial charge in [0.25, 0.3) is 0 Å². The molecule has 0 aliphatic heterocycles. The molecule has 0 amide bonds. The Morgan fingerprint density at radius 1 is 1.19 bits per heavy atom. The number of aryl methyl sites for hydroxylation is 1. The van der Waals surface area contributed by atoms with E-state index in [9.17, 15) is 8.42 Å².